The van der Waals surface area contributed by atoms with Crippen LogP contribution >= 0.6 is 12.2 Å². The molecule has 1 heterocycles. The third-order valence-electron chi connectivity index (χ3n) is 3.36. The zero-order chi connectivity index (χ0) is 17.1. The number of nitro groups is 1. The first-order valence-corrected chi connectivity index (χ1v) is 7.49. The van der Waals surface area contributed by atoms with Crippen molar-refractivity contribution in [1.29, 1.82) is 0 Å². The van der Waals surface area contributed by atoms with E-state index in [-0.39, 0.29) is 5.69 Å². The number of benzene rings is 2. The number of aryl methyl sites for hydroxylation is 1. The van der Waals surface area contributed by atoms with E-state index in [9.17, 15) is 10.1 Å². The van der Waals surface area contributed by atoms with E-state index in [1.165, 1.54) is 23.0 Å². The Morgan fingerprint density at radius 2 is 2.04 bits per heavy atom. The lowest BCUT2D eigenvalue weighted by Gasteiger charge is -2.01. The molecule has 0 bridgehead atoms. The van der Waals surface area contributed by atoms with Gasteiger partial charge in [-0.25, -0.2) is 5.10 Å². The number of rotatable bonds is 4. The van der Waals surface area contributed by atoms with Crippen LogP contribution in [0.5, 0.6) is 0 Å². The van der Waals surface area contributed by atoms with E-state index in [0.29, 0.717) is 16.2 Å². The summed E-state index contributed by atoms with van der Waals surface area (Å²) >= 11 is 5.20. The summed E-state index contributed by atoms with van der Waals surface area (Å²) in [5.74, 6) is 0.571. The zero-order valence-electron chi connectivity index (χ0n) is 12.7. The van der Waals surface area contributed by atoms with Gasteiger partial charge in [0.15, 0.2) is 5.82 Å². The molecular formula is C16H13N5O2S. The van der Waals surface area contributed by atoms with Gasteiger partial charge in [-0.05, 0) is 19.1 Å². The van der Waals surface area contributed by atoms with Crippen LogP contribution in [0.25, 0.3) is 11.4 Å². The highest BCUT2D eigenvalue weighted by molar-refractivity contribution is 7.71. The molecule has 120 valence electrons. The average molecular weight is 339 g/mol. The van der Waals surface area contributed by atoms with Gasteiger partial charge in [-0.3, -0.25) is 10.1 Å². The molecule has 7 nitrogen and oxygen atoms in total. The minimum Gasteiger partial charge on any atom is -0.258 e. The van der Waals surface area contributed by atoms with Crippen LogP contribution in [0.1, 0.15) is 11.1 Å². The summed E-state index contributed by atoms with van der Waals surface area (Å²) in [6.45, 7) is 2.00. The Bertz CT molecular complexity index is 973. The van der Waals surface area contributed by atoms with E-state index in [1.54, 1.807) is 12.1 Å². The summed E-state index contributed by atoms with van der Waals surface area (Å²) in [6, 6.07) is 14.0. The third kappa shape index (κ3) is 3.28. The second-order valence-electron chi connectivity index (χ2n) is 5.13. The summed E-state index contributed by atoms with van der Waals surface area (Å²) in [6.07, 6.45) is 1.51. The highest BCUT2D eigenvalue weighted by atomic mass is 32.1. The Morgan fingerprint density at radius 3 is 2.75 bits per heavy atom. The van der Waals surface area contributed by atoms with E-state index < -0.39 is 4.92 Å². The van der Waals surface area contributed by atoms with Crippen LogP contribution in [0.15, 0.2) is 53.6 Å². The molecule has 0 amide bonds. The Morgan fingerprint density at radius 1 is 1.29 bits per heavy atom. The first kappa shape index (κ1) is 15.8. The van der Waals surface area contributed by atoms with Gasteiger partial charge in [0.05, 0.1) is 11.1 Å². The van der Waals surface area contributed by atoms with Gasteiger partial charge >= 0.3 is 0 Å². The molecule has 2 aromatic carbocycles. The van der Waals surface area contributed by atoms with Crippen LogP contribution in [-0.4, -0.2) is 26.0 Å². The topological polar surface area (TPSA) is 89.1 Å². The van der Waals surface area contributed by atoms with E-state index >= 15 is 0 Å². The maximum absolute atomic E-state index is 10.8. The highest BCUT2D eigenvalue weighted by Crippen LogP contribution is 2.18. The molecule has 3 aromatic rings. The molecule has 8 heteroatoms. The van der Waals surface area contributed by atoms with Crippen molar-refractivity contribution < 1.29 is 4.92 Å². The molecule has 0 aliphatic carbocycles. The zero-order valence-corrected chi connectivity index (χ0v) is 13.5. The quantitative estimate of drug-likeness (QED) is 0.340. The van der Waals surface area contributed by atoms with E-state index in [0.717, 1.165) is 11.1 Å². The summed E-state index contributed by atoms with van der Waals surface area (Å²) in [4.78, 5) is 10.4. The lowest BCUT2D eigenvalue weighted by Crippen LogP contribution is -1.96. The number of aromatic amines is 1. The fraction of sp³-hybridized carbons (Fsp3) is 0.0625. The summed E-state index contributed by atoms with van der Waals surface area (Å²) in [5, 5.41) is 22.0. The second-order valence-corrected chi connectivity index (χ2v) is 5.51. The van der Waals surface area contributed by atoms with Gasteiger partial charge in [-0.15, -0.1) is 0 Å². The number of nitrogens with zero attached hydrogens (tertiary/aromatic N) is 4. The first-order chi connectivity index (χ1) is 11.5. The number of hydrogen-bond acceptors (Lipinski definition) is 5. The van der Waals surface area contributed by atoms with Crippen LogP contribution in [0.4, 0.5) is 5.69 Å². The molecule has 0 unspecified atom stereocenters. The fourth-order valence-corrected chi connectivity index (χ4v) is 2.31. The number of H-pyrrole nitrogens is 1. The maximum Gasteiger partial charge on any atom is 0.270 e. The Labute approximate surface area is 142 Å². The molecule has 0 saturated heterocycles. The Kier molecular flexibility index (Phi) is 4.30. The number of aromatic nitrogens is 3. The van der Waals surface area contributed by atoms with Crippen molar-refractivity contribution >= 4 is 24.1 Å². The SMILES string of the molecule is Cc1ccc(-c2n[nH]c(=S)n2/N=C/c2cccc([N+](=O)[O-])c2)cc1. The van der Waals surface area contributed by atoms with Gasteiger partial charge in [0.25, 0.3) is 5.69 Å². The molecule has 0 saturated carbocycles. The number of nitro benzene ring substituents is 1. The lowest BCUT2D eigenvalue weighted by molar-refractivity contribution is -0.384. The van der Waals surface area contributed by atoms with Gasteiger partial charge in [-0.2, -0.15) is 14.9 Å². The number of nitrogens with one attached hydrogen (secondary N) is 1. The highest BCUT2D eigenvalue weighted by Gasteiger charge is 2.08. The minimum atomic E-state index is -0.446. The molecule has 0 fully saturated rings. The smallest absolute Gasteiger partial charge is 0.258 e. The number of hydrogen-bond donors (Lipinski definition) is 1. The molecule has 0 spiro atoms. The third-order valence-corrected chi connectivity index (χ3v) is 3.63. The van der Waals surface area contributed by atoms with Crippen molar-refractivity contribution in [1.82, 2.24) is 14.9 Å². The average Bonchev–Trinajstić information content (AvgIpc) is 2.95. The van der Waals surface area contributed by atoms with Crippen LogP contribution < -0.4 is 0 Å². The van der Waals surface area contributed by atoms with Gasteiger partial charge < -0.3 is 0 Å². The molecule has 0 aliphatic rings. The van der Waals surface area contributed by atoms with Crippen LogP contribution in [0.2, 0.25) is 0 Å². The van der Waals surface area contributed by atoms with Gasteiger partial charge in [0, 0.05) is 23.3 Å². The van der Waals surface area contributed by atoms with Crippen LogP contribution in [-0.2, 0) is 0 Å². The number of non-ortho nitro benzene ring substituents is 1. The van der Waals surface area contributed by atoms with Crippen molar-refractivity contribution in [2.75, 3.05) is 0 Å². The van der Waals surface area contributed by atoms with Gasteiger partial charge in [-0.1, -0.05) is 42.0 Å². The molecular weight excluding hydrogens is 326 g/mol. The predicted octanol–water partition coefficient (Wildman–Crippen LogP) is 3.71. The van der Waals surface area contributed by atoms with Crippen molar-refractivity contribution in [3.05, 3.63) is 74.5 Å². The van der Waals surface area contributed by atoms with E-state index in [1.807, 2.05) is 31.2 Å². The van der Waals surface area contributed by atoms with Gasteiger partial charge in [0.2, 0.25) is 4.77 Å². The van der Waals surface area contributed by atoms with Crippen LogP contribution in [0, 0.1) is 21.8 Å². The molecule has 0 radical (unpaired) electrons. The largest absolute Gasteiger partial charge is 0.270 e. The summed E-state index contributed by atoms with van der Waals surface area (Å²) in [7, 11) is 0. The molecule has 0 atom stereocenters. The second kappa shape index (κ2) is 6.55. The Hall–Kier alpha value is -3.13. The molecule has 24 heavy (non-hydrogen) atoms. The normalized spacial score (nSPS) is 11.0. The molecule has 1 N–H and O–H groups in total. The summed E-state index contributed by atoms with van der Waals surface area (Å²) in [5.41, 5.74) is 2.61. The predicted molar refractivity (Wildman–Crippen MR) is 93.7 cm³/mol. The van der Waals surface area contributed by atoms with E-state index in [4.69, 9.17) is 12.2 Å². The molecule has 0 aliphatic heterocycles. The fourth-order valence-electron chi connectivity index (χ4n) is 2.13. The van der Waals surface area contributed by atoms with Crippen molar-refractivity contribution in [3.63, 3.8) is 0 Å². The Balaban J connectivity index is 1.97. The minimum absolute atomic E-state index is 0.00787. The summed E-state index contributed by atoms with van der Waals surface area (Å²) < 4.78 is 1.83. The molecule has 3 rings (SSSR count). The first-order valence-electron chi connectivity index (χ1n) is 7.08. The van der Waals surface area contributed by atoms with Crippen molar-refractivity contribution in [2.45, 2.75) is 6.92 Å². The molecule has 1 aromatic heterocycles. The maximum atomic E-state index is 10.8. The lowest BCUT2D eigenvalue weighted by atomic mass is 10.1. The van der Waals surface area contributed by atoms with E-state index in [2.05, 4.69) is 15.3 Å². The standard InChI is InChI=1S/C16H13N5O2S/c1-11-5-7-13(8-6-11)15-18-19-16(24)20(15)17-10-12-3-2-4-14(9-12)21(22)23/h2-10H,1H3,(H,19,24)/b17-10+. The monoisotopic (exact) mass is 339 g/mol. The van der Waals surface area contributed by atoms with Crippen LogP contribution in [0.3, 0.4) is 0 Å². The van der Waals surface area contributed by atoms with Crippen molar-refractivity contribution in [3.8, 4) is 11.4 Å². The van der Waals surface area contributed by atoms with Crippen molar-refractivity contribution in [2.24, 2.45) is 5.10 Å². The van der Waals surface area contributed by atoms with Gasteiger partial charge in [0.1, 0.15) is 0 Å².